The Morgan fingerprint density at radius 3 is 2.10 bits per heavy atom. The number of amides is 1. The zero-order chi connectivity index (χ0) is 28.3. The second-order valence-corrected chi connectivity index (χ2v) is 11.3. The van der Waals surface area contributed by atoms with Gasteiger partial charge in [0.2, 0.25) is 0 Å². The molecule has 0 unspecified atom stereocenters. The lowest BCUT2D eigenvalue weighted by molar-refractivity contribution is -0.113. The summed E-state index contributed by atoms with van der Waals surface area (Å²) in [7, 11) is 0. The standard InChI is InChI=1S/C36H30N2O2S/c1-24-8-14-27(15-9-24)23-40-33-21-16-28-6-4-5-7-31(28)32(33)22-34-35(39)38(30-19-12-26(3)13-20-30)36(41-34)37-29-17-10-25(2)11-18-29/h4-22H,23H2,1-3H3/b34-22-,37-36?. The van der Waals surface area contributed by atoms with Crippen LogP contribution in [0.25, 0.3) is 16.8 Å². The average molecular weight is 555 g/mol. The molecule has 0 aliphatic carbocycles. The number of thioether (sulfide) groups is 1. The molecular formula is C36H30N2O2S. The molecule has 1 aliphatic rings. The SMILES string of the molecule is Cc1ccc(COc2ccc3ccccc3c2/C=C2\SC(=Nc3ccc(C)cc3)N(c3ccc(C)cc3)C2=O)cc1. The molecule has 6 rings (SSSR count). The summed E-state index contributed by atoms with van der Waals surface area (Å²) < 4.78 is 6.37. The summed E-state index contributed by atoms with van der Waals surface area (Å²) in [5.74, 6) is 0.623. The fraction of sp³-hybridized carbons (Fsp3) is 0.111. The van der Waals surface area contributed by atoms with E-state index in [0.29, 0.717) is 16.7 Å². The molecule has 1 fully saturated rings. The zero-order valence-corrected chi connectivity index (χ0v) is 24.1. The molecule has 1 saturated heterocycles. The van der Waals surface area contributed by atoms with E-state index in [-0.39, 0.29) is 5.91 Å². The van der Waals surface area contributed by atoms with Gasteiger partial charge in [0.1, 0.15) is 12.4 Å². The van der Waals surface area contributed by atoms with Crippen molar-refractivity contribution in [3.05, 3.63) is 142 Å². The Bertz CT molecular complexity index is 1790. The van der Waals surface area contributed by atoms with Crippen LogP contribution < -0.4 is 9.64 Å². The Kier molecular flexibility index (Phi) is 7.45. The van der Waals surface area contributed by atoms with Gasteiger partial charge >= 0.3 is 0 Å². The molecule has 41 heavy (non-hydrogen) atoms. The minimum Gasteiger partial charge on any atom is -0.488 e. The highest BCUT2D eigenvalue weighted by molar-refractivity contribution is 8.19. The van der Waals surface area contributed by atoms with Gasteiger partial charge in [-0.15, -0.1) is 0 Å². The van der Waals surface area contributed by atoms with Gasteiger partial charge in [0.05, 0.1) is 16.3 Å². The predicted octanol–water partition coefficient (Wildman–Crippen LogP) is 9.15. The molecule has 4 nitrogen and oxygen atoms in total. The molecule has 1 aliphatic heterocycles. The normalized spacial score (nSPS) is 15.3. The largest absolute Gasteiger partial charge is 0.488 e. The number of carbonyl (C=O) groups excluding carboxylic acids is 1. The smallest absolute Gasteiger partial charge is 0.271 e. The van der Waals surface area contributed by atoms with Crippen LogP contribution in [0.2, 0.25) is 0 Å². The number of aliphatic imine (C=N–C) groups is 1. The maximum absolute atomic E-state index is 14.0. The first kappa shape index (κ1) is 26.6. The maximum atomic E-state index is 14.0. The number of anilines is 1. The van der Waals surface area contributed by atoms with Crippen molar-refractivity contribution in [2.45, 2.75) is 27.4 Å². The van der Waals surface area contributed by atoms with Crippen molar-refractivity contribution in [3.8, 4) is 5.75 Å². The summed E-state index contributed by atoms with van der Waals surface area (Å²) in [5, 5.41) is 2.73. The van der Waals surface area contributed by atoms with E-state index in [4.69, 9.17) is 9.73 Å². The van der Waals surface area contributed by atoms with Crippen LogP contribution in [0.4, 0.5) is 11.4 Å². The molecule has 0 saturated carbocycles. The lowest BCUT2D eigenvalue weighted by Crippen LogP contribution is -2.28. The summed E-state index contributed by atoms with van der Waals surface area (Å²) >= 11 is 1.39. The van der Waals surface area contributed by atoms with E-state index in [9.17, 15) is 4.79 Å². The monoisotopic (exact) mass is 554 g/mol. The van der Waals surface area contributed by atoms with Crippen LogP contribution in [0.5, 0.6) is 5.75 Å². The molecule has 1 heterocycles. The number of hydrogen-bond donors (Lipinski definition) is 0. The quantitative estimate of drug-likeness (QED) is 0.197. The Morgan fingerprint density at radius 2 is 1.39 bits per heavy atom. The lowest BCUT2D eigenvalue weighted by atomic mass is 10.0. The van der Waals surface area contributed by atoms with Crippen LogP contribution in [-0.2, 0) is 11.4 Å². The molecule has 0 bridgehead atoms. The van der Waals surface area contributed by atoms with Crippen LogP contribution in [0, 0.1) is 20.8 Å². The highest BCUT2D eigenvalue weighted by atomic mass is 32.2. The average Bonchev–Trinajstić information content (AvgIpc) is 3.29. The summed E-state index contributed by atoms with van der Waals surface area (Å²) in [6.45, 7) is 6.60. The molecule has 0 aromatic heterocycles. The van der Waals surface area contributed by atoms with Crippen LogP contribution in [0.15, 0.2) is 119 Å². The van der Waals surface area contributed by atoms with Gasteiger partial charge in [0.15, 0.2) is 5.17 Å². The van der Waals surface area contributed by atoms with E-state index < -0.39 is 0 Å². The van der Waals surface area contributed by atoms with Crippen molar-refractivity contribution < 1.29 is 9.53 Å². The molecule has 0 atom stereocenters. The maximum Gasteiger partial charge on any atom is 0.271 e. The molecule has 0 spiro atoms. The number of carbonyl (C=O) groups is 1. The van der Waals surface area contributed by atoms with Gasteiger partial charge in [-0.05, 0) is 85.3 Å². The summed E-state index contributed by atoms with van der Waals surface area (Å²) in [6, 6.07) is 36.6. The van der Waals surface area contributed by atoms with Crippen molar-refractivity contribution in [1.82, 2.24) is 0 Å². The van der Waals surface area contributed by atoms with E-state index >= 15 is 0 Å². The van der Waals surface area contributed by atoms with Gasteiger partial charge in [0, 0.05) is 5.56 Å². The van der Waals surface area contributed by atoms with Crippen molar-refractivity contribution in [1.29, 1.82) is 0 Å². The van der Waals surface area contributed by atoms with Crippen LogP contribution in [-0.4, -0.2) is 11.1 Å². The fourth-order valence-corrected chi connectivity index (χ4v) is 5.71. The van der Waals surface area contributed by atoms with Crippen molar-refractivity contribution in [2.75, 3.05) is 4.90 Å². The van der Waals surface area contributed by atoms with E-state index in [1.165, 1.54) is 17.3 Å². The number of aryl methyl sites for hydroxylation is 3. The minimum atomic E-state index is -0.109. The number of benzene rings is 5. The number of ether oxygens (including phenoxy) is 1. The van der Waals surface area contributed by atoms with Gasteiger partial charge in [-0.2, -0.15) is 0 Å². The van der Waals surface area contributed by atoms with Crippen LogP contribution in [0.1, 0.15) is 27.8 Å². The summed E-state index contributed by atoms with van der Waals surface area (Å²) in [5.41, 5.74) is 7.06. The Hall–Kier alpha value is -4.61. The van der Waals surface area contributed by atoms with Crippen LogP contribution in [0.3, 0.4) is 0 Å². The predicted molar refractivity (Wildman–Crippen MR) is 172 cm³/mol. The lowest BCUT2D eigenvalue weighted by Gasteiger charge is -2.16. The third-order valence-corrected chi connectivity index (χ3v) is 8.05. The van der Waals surface area contributed by atoms with E-state index in [1.807, 2.05) is 86.7 Å². The Morgan fingerprint density at radius 1 is 0.756 bits per heavy atom. The second-order valence-electron chi connectivity index (χ2n) is 10.3. The van der Waals surface area contributed by atoms with E-state index in [1.54, 1.807) is 4.90 Å². The number of fused-ring (bicyclic) bond motifs is 1. The first-order valence-electron chi connectivity index (χ1n) is 13.6. The summed E-state index contributed by atoms with van der Waals surface area (Å²) in [6.07, 6.45) is 1.96. The Balaban J connectivity index is 1.43. The first-order chi connectivity index (χ1) is 19.9. The van der Waals surface area contributed by atoms with Gasteiger partial charge in [-0.3, -0.25) is 9.69 Å². The highest BCUT2D eigenvalue weighted by Crippen LogP contribution is 2.40. The fourth-order valence-electron chi connectivity index (χ4n) is 4.73. The molecule has 5 heteroatoms. The third-order valence-electron chi connectivity index (χ3n) is 7.08. The van der Waals surface area contributed by atoms with Crippen molar-refractivity contribution in [3.63, 3.8) is 0 Å². The van der Waals surface area contributed by atoms with E-state index in [0.717, 1.165) is 50.2 Å². The minimum absolute atomic E-state index is 0.109. The van der Waals surface area contributed by atoms with Gasteiger partial charge < -0.3 is 4.74 Å². The number of nitrogens with zero attached hydrogens (tertiary/aromatic N) is 2. The van der Waals surface area contributed by atoms with E-state index in [2.05, 4.69) is 49.4 Å². The summed E-state index contributed by atoms with van der Waals surface area (Å²) in [4.78, 5) is 21.2. The topological polar surface area (TPSA) is 41.9 Å². The van der Waals surface area contributed by atoms with Gasteiger partial charge in [-0.1, -0.05) is 95.6 Å². The van der Waals surface area contributed by atoms with Crippen molar-refractivity contribution >= 4 is 51.1 Å². The molecule has 0 N–H and O–H groups in total. The van der Waals surface area contributed by atoms with Gasteiger partial charge in [0.25, 0.3) is 5.91 Å². The number of hydrogen-bond acceptors (Lipinski definition) is 4. The van der Waals surface area contributed by atoms with Crippen LogP contribution >= 0.6 is 11.8 Å². The molecule has 5 aromatic rings. The number of rotatable bonds is 6. The first-order valence-corrected chi connectivity index (χ1v) is 14.4. The zero-order valence-electron chi connectivity index (χ0n) is 23.3. The van der Waals surface area contributed by atoms with Crippen molar-refractivity contribution in [2.24, 2.45) is 4.99 Å². The third kappa shape index (κ3) is 5.81. The highest BCUT2D eigenvalue weighted by Gasteiger charge is 2.35. The molecule has 0 radical (unpaired) electrons. The Labute approximate surface area is 245 Å². The number of amidine groups is 1. The molecule has 1 amide bonds. The molecular weight excluding hydrogens is 524 g/mol. The molecule has 202 valence electrons. The molecule has 5 aromatic carbocycles. The van der Waals surface area contributed by atoms with Gasteiger partial charge in [-0.25, -0.2) is 4.99 Å². The second kappa shape index (κ2) is 11.5.